The standard InChI is InChI=1S/C20H18ClN3O3/c1-3-12-24(20(25)16-6-4-5-7-17(16)26-2)13-18-22-19(23-27-18)14-8-10-15(21)11-9-14/h3-11H,1,12-13H2,2H3. The van der Waals surface area contributed by atoms with E-state index in [-0.39, 0.29) is 12.5 Å². The van der Waals surface area contributed by atoms with Crippen molar-refractivity contribution in [1.82, 2.24) is 15.0 Å². The summed E-state index contributed by atoms with van der Waals surface area (Å²) in [5.41, 5.74) is 1.24. The first kappa shape index (κ1) is 18.7. The summed E-state index contributed by atoms with van der Waals surface area (Å²) in [4.78, 5) is 18.9. The minimum absolute atomic E-state index is 0.156. The summed E-state index contributed by atoms with van der Waals surface area (Å²) in [6.07, 6.45) is 1.64. The Hall–Kier alpha value is -3.12. The highest BCUT2D eigenvalue weighted by Crippen LogP contribution is 2.22. The summed E-state index contributed by atoms with van der Waals surface area (Å²) in [5, 5.41) is 4.60. The second-order valence-electron chi connectivity index (χ2n) is 5.69. The summed E-state index contributed by atoms with van der Waals surface area (Å²) in [6.45, 7) is 4.20. The van der Waals surface area contributed by atoms with Crippen LogP contribution in [0.4, 0.5) is 0 Å². The van der Waals surface area contributed by atoms with Crippen molar-refractivity contribution in [2.75, 3.05) is 13.7 Å². The van der Waals surface area contributed by atoms with Crippen molar-refractivity contribution in [2.24, 2.45) is 0 Å². The molecule has 3 rings (SSSR count). The first-order valence-corrected chi connectivity index (χ1v) is 8.62. The van der Waals surface area contributed by atoms with E-state index in [0.717, 1.165) is 5.56 Å². The first-order valence-electron chi connectivity index (χ1n) is 8.24. The monoisotopic (exact) mass is 383 g/mol. The lowest BCUT2D eigenvalue weighted by molar-refractivity contribution is 0.0742. The molecule has 1 aromatic heterocycles. The highest BCUT2D eigenvalue weighted by atomic mass is 35.5. The fourth-order valence-electron chi connectivity index (χ4n) is 2.57. The van der Waals surface area contributed by atoms with E-state index in [1.807, 2.05) is 6.07 Å². The molecule has 0 saturated heterocycles. The number of rotatable bonds is 7. The molecule has 0 radical (unpaired) electrons. The SMILES string of the molecule is C=CCN(Cc1nc(-c2ccc(Cl)cc2)no1)C(=O)c1ccccc1OC. The Morgan fingerprint density at radius 2 is 2.00 bits per heavy atom. The smallest absolute Gasteiger partial charge is 0.258 e. The molecule has 138 valence electrons. The van der Waals surface area contributed by atoms with Crippen molar-refractivity contribution in [2.45, 2.75) is 6.54 Å². The predicted molar refractivity (Wildman–Crippen MR) is 103 cm³/mol. The van der Waals surface area contributed by atoms with Crippen molar-refractivity contribution >= 4 is 17.5 Å². The number of halogens is 1. The zero-order valence-electron chi connectivity index (χ0n) is 14.8. The van der Waals surface area contributed by atoms with E-state index in [4.69, 9.17) is 20.9 Å². The molecule has 0 saturated carbocycles. The molecule has 1 heterocycles. The maximum Gasteiger partial charge on any atom is 0.258 e. The third-order valence-corrected chi connectivity index (χ3v) is 4.12. The van der Waals surface area contributed by atoms with Crippen LogP contribution in [0.5, 0.6) is 5.75 Å². The minimum atomic E-state index is -0.210. The number of nitrogens with zero attached hydrogens (tertiary/aromatic N) is 3. The molecule has 27 heavy (non-hydrogen) atoms. The maximum atomic E-state index is 12.9. The molecule has 0 aliphatic rings. The van der Waals surface area contributed by atoms with E-state index in [9.17, 15) is 4.79 Å². The normalized spacial score (nSPS) is 10.4. The third-order valence-electron chi connectivity index (χ3n) is 3.87. The number of hydrogen-bond acceptors (Lipinski definition) is 5. The zero-order chi connectivity index (χ0) is 19.2. The number of benzene rings is 2. The van der Waals surface area contributed by atoms with E-state index in [2.05, 4.69) is 16.7 Å². The van der Waals surface area contributed by atoms with Gasteiger partial charge in [0.25, 0.3) is 5.91 Å². The van der Waals surface area contributed by atoms with Crippen LogP contribution >= 0.6 is 11.6 Å². The van der Waals surface area contributed by atoms with Crippen LogP contribution in [0.2, 0.25) is 5.02 Å². The maximum absolute atomic E-state index is 12.9. The molecule has 0 N–H and O–H groups in total. The van der Waals surface area contributed by atoms with Gasteiger partial charge in [0, 0.05) is 17.1 Å². The van der Waals surface area contributed by atoms with E-state index < -0.39 is 0 Å². The van der Waals surface area contributed by atoms with Crippen LogP contribution in [-0.2, 0) is 6.54 Å². The highest BCUT2D eigenvalue weighted by Gasteiger charge is 2.21. The molecule has 0 atom stereocenters. The summed E-state index contributed by atoms with van der Waals surface area (Å²) in [6, 6.07) is 14.2. The Morgan fingerprint density at radius 3 is 2.70 bits per heavy atom. The number of carbonyl (C=O) groups excluding carboxylic acids is 1. The summed E-state index contributed by atoms with van der Waals surface area (Å²) < 4.78 is 10.6. The number of hydrogen-bond donors (Lipinski definition) is 0. The lowest BCUT2D eigenvalue weighted by atomic mass is 10.1. The number of ether oxygens (including phenoxy) is 1. The molecular weight excluding hydrogens is 366 g/mol. The fourth-order valence-corrected chi connectivity index (χ4v) is 2.69. The van der Waals surface area contributed by atoms with Crippen LogP contribution in [0.25, 0.3) is 11.4 Å². The van der Waals surface area contributed by atoms with Gasteiger partial charge in [0.1, 0.15) is 12.3 Å². The Labute approximate surface area is 162 Å². The van der Waals surface area contributed by atoms with E-state index in [1.54, 1.807) is 53.4 Å². The molecule has 7 heteroatoms. The van der Waals surface area contributed by atoms with Crippen molar-refractivity contribution in [3.8, 4) is 17.1 Å². The van der Waals surface area contributed by atoms with Crippen LogP contribution in [0, 0.1) is 0 Å². The Bertz CT molecular complexity index is 938. The molecular formula is C20H18ClN3O3. The third kappa shape index (κ3) is 4.35. The molecule has 1 amide bonds. The molecule has 0 fully saturated rings. The molecule has 2 aromatic carbocycles. The molecule has 0 aliphatic carbocycles. The van der Waals surface area contributed by atoms with Gasteiger partial charge in [-0.1, -0.05) is 35.0 Å². The number of amides is 1. The Kier molecular flexibility index (Phi) is 5.88. The van der Waals surface area contributed by atoms with E-state index in [1.165, 1.54) is 7.11 Å². The van der Waals surface area contributed by atoms with Gasteiger partial charge in [-0.2, -0.15) is 4.98 Å². The van der Waals surface area contributed by atoms with Crippen molar-refractivity contribution in [3.63, 3.8) is 0 Å². The van der Waals surface area contributed by atoms with Gasteiger partial charge >= 0.3 is 0 Å². The number of carbonyl (C=O) groups is 1. The van der Waals surface area contributed by atoms with Crippen molar-refractivity contribution < 1.29 is 14.1 Å². The summed E-state index contributed by atoms with van der Waals surface area (Å²) >= 11 is 5.90. The molecule has 0 spiro atoms. The lowest BCUT2D eigenvalue weighted by Gasteiger charge is -2.20. The quantitative estimate of drug-likeness (QED) is 0.571. The van der Waals surface area contributed by atoms with Crippen LogP contribution < -0.4 is 4.74 Å². The van der Waals surface area contributed by atoms with Gasteiger partial charge in [-0.15, -0.1) is 6.58 Å². The minimum Gasteiger partial charge on any atom is -0.496 e. The molecule has 0 aliphatic heterocycles. The van der Waals surface area contributed by atoms with Crippen molar-refractivity contribution in [3.05, 3.63) is 77.7 Å². The second kappa shape index (κ2) is 8.51. The van der Waals surface area contributed by atoms with Gasteiger partial charge in [-0.05, 0) is 36.4 Å². The fraction of sp³-hybridized carbons (Fsp3) is 0.150. The average Bonchev–Trinajstić information content (AvgIpc) is 3.16. The van der Waals surface area contributed by atoms with Gasteiger partial charge in [0.2, 0.25) is 11.7 Å². The zero-order valence-corrected chi connectivity index (χ0v) is 15.5. The van der Waals surface area contributed by atoms with Crippen LogP contribution in [0.1, 0.15) is 16.2 Å². The Balaban J connectivity index is 1.81. The van der Waals surface area contributed by atoms with Crippen LogP contribution in [0.15, 0.2) is 65.7 Å². The van der Waals surface area contributed by atoms with Crippen LogP contribution in [-0.4, -0.2) is 34.6 Å². The Morgan fingerprint density at radius 1 is 1.26 bits per heavy atom. The largest absolute Gasteiger partial charge is 0.496 e. The molecule has 0 unspecified atom stereocenters. The van der Waals surface area contributed by atoms with Gasteiger partial charge in [0.15, 0.2) is 0 Å². The highest BCUT2D eigenvalue weighted by molar-refractivity contribution is 6.30. The van der Waals surface area contributed by atoms with Crippen LogP contribution in [0.3, 0.4) is 0 Å². The summed E-state index contributed by atoms with van der Waals surface area (Å²) in [5.74, 6) is 1.05. The average molecular weight is 384 g/mol. The van der Waals surface area contributed by atoms with E-state index in [0.29, 0.717) is 34.6 Å². The number of methoxy groups -OCH3 is 1. The van der Waals surface area contributed by atoms with E-state index >= 15 is 0 Å². The molecule has 6 nitrogen and oxygen atoms in total. The summed E-state index contributed by atoms with van der Waals surface area (Å²) in [7, 11) is 1.53. The topological polar surface area (TPSA) is 68.5 Å². The second-order valence-corrected chi connectivity index (χ2v) is 6.13. The lowest BCUT2D eigenvalue weighted by Crippen LogP contribution is -2.31. The molecule has 0 bridgehead atoms. The number of para-hydroxylation sites is 1. The van der Waals surface area contributed by atoms with Gasteiger partial charge in [0.05, 0.1) is 12.7 Å². The van der Waals surface area contributed by atoms with Gasteiger partial charge in [-0.3, -0.25) is 4.79 Å². The number of aromatic nitrogens is 2. The first-order chi connectivity index (χ1) is 13.1. The van der Waals surface area contributed by atoms with Gasteiger partial charge < -0.3 is 14.2 Å². The molecule has 3 aromatic rings. The van der Waals surface area contributed by atoms with Crippen molar-refractivity contribution in [1.29, 1.82) is 0 Å². The van der Waals surface area contributed by atoms with Gasteiger partial charge in [-0.25, -0.2) is 0 Å². The predicted octanol–water partition coefficient (Wildman–Crippen LogP) is 4.23.